The molecule has 0 aliphatic rings. The molecule has 1 aromatic heterocycles. The van der Waals surface area contributed by atoms with E-state index in [1.807, 2.05) is 0 Å². The molecule has 0 saturated heterocycles. The molecule has 0 atom stereocenters. The Bertz CT molecular complexity index is 784. The minimum atomic E-state index is -3.77. The van der Waals surface area contributed by atoms with Gasteiger partial charge in [0.2, 0.25) is 0 Å². The maximum absolute atomic E-state index is 12.3. The average molecular weight is 456 g/mol. The molecule has 0 bridgehead atoms. The van der Waals surface area contributed by atoms with E-state index in [1.165, 1.54) is 12.3 Å². The minimum Gasteiger partial charge on any atom is -0.372 e. The molecule has 0 amide bonds. The molecule has 0 saturated carbocycles. The van der Waals surface area contributed by atoms with Crippen LogP contribution in [0.15, 0.2) is 44.3 Å². The second kappa shape index (κ2) is 6.51. The molecule has 21 heavy (non-hydrogen) atoms. The van der Waals surface area contributed by atoms with Crippen molar-refractivity contribution in [3.05, 3.63) is 44.4 Å². The smallest absolute Gasteiger partial charge is 0.263 e. The van der Waals surface area contributed by atoms with Gasteiger partial charge in [-0.15, -0.1) is 0 Å². The first-order valence-electron chi connectivity index (χ1n) is 5.64. The Morgan fingerprint density at radius 1 is 1.24 bits per heavy atom. The number of aromatic nitrogens is 1. The topological polar surface area (TPSA) is 71.1 Å². The maximum atomic E-state index is 12.3. The van der Waals surface area contributed by atoms with Gasteiger partial charge in [0, 0.05) is 22.2 Å². The van der Waals surface area contributed by atoms with Crippen molar-refractivity contribution in [1.82, 2.24) is 4.98 Å². The van der Waals surface area contributed by atoms with Gasteiger partial charge in [0.25, 0.3) is 10.0 Å². The van der Waals surface area contributed by atoms with E-state index in [9.17, 15) is 8.42 Å². The van der Waals surface area contributed by atoms with Crippen LogP contribution in [0.5, 0.6) is 0 Å². The number of nitrogens with one attached hydrogen (secondary N) is 2. The Balaban J connectivity index is 2.36. The minimum absolute atomic E-state index is 0.0127. The van der Waals surface area contributed by atoms with E-state index in [2.05, 4.69) is 46.9 Å². The number of rotatable bonds is 4. The Kier molecular flexibility index (Phi) is 5.13. The maximum Gasteiger partial charge on any atom is 0.263 e. The highest BCUT2D eigenvalue weighted by molar-refractivity contribution is 9.11. The Morgan fingerprint density at radius 3 is 2.52 bits per heavy atom. The van der Waals surface area contributed by atoms with Crippen LogP contribution in [-0.4, -0.2) is 20.4 Å². The summed E-state index contributed by atoms with van der Waals surface area (Å²) in [7, 11) is -2.11. The fourth-order valence-electron chi connectivity index (χ4n) is 1.53. The van der Waals surface area contributed by atoms with E-state index in [-0.39, 0.29) is 9.92 Å². The molecular formula is C12H10Br2ClN3O2S. The molecule has 0 unspecified atom stereocenters. The van der Waals surface area contributed by atoms with Gasteiger partial charge >= 0.3 is 0 Å². The zero-order chi connectivity index (χ0) is 15.6. The van der Waals surface area contributed by atoms with Crippen molar-refractivity contribution >= 4 is 65.0 Å². The lowest BCUT2D eigenvalue weighted by Gasteiger charge is -2.11. The number of pyridine rings is 1. The van der Waals surface area contributed by atoms with Crippen molar-refractivity contribution in [3.63, 3.8) is 0 Å². The number of hydrogen-bond acceptors (Lipinski definition) is 4. The normalized spacial score (nSPS) is 11.2. The number of hydrogen-bond donors (Lipinski definition) is 2. The Morgan fingerprint density at radius 2 is 1.95 bits per heavy atom. The van der Waals surface area contributed by atoms with E-state index in [1.54, 1.807) is 25.2 Å². The van der Waals surface area contributed by atoms with Crippen molar-refractivity contribution in [1.29, 1.82) is 0 Å². The summed E-state index contributed by atoms with van der Waals surface area (Å²) in [6.45, 7) is 0. The first-order chi connectivity index (χ1) is 9.83. The predicted octanol–water partition coefficient (Wildman–Crippen LogP) is 4.10. The van der Waals surface area contributed by atoms with Gasteiger partial charge in [-0.2, -0.15) is 0 Å². The molecule has 9 heteroatoms. The Hall–Kier alpha value is -0.830. The largest absolute Gasteiger partial charge is 0.372 e. The van der Waals surface area contributed by atoms with Gasteiger partial charge in [-0.1, -0.05) is 27.5 Å². The highest BCUT2D eigenvalue weighted by Crippen LogP contribution is 2.29. The molecule has 0 fully saturated rings. The highest BCUT2D eigenvalue weighted by Gasteiger charge is 2.18. The van der Waals surface area contributed by atoms with Crippen LogP contribution in [0.2, 0.25) is 5.02 Å². The van der Waals surface area contributed by atoms with Crippen molar-refractivity contribution in [2.75, 3.05) is 17.1 Å². The third-order valence-electron chi connectivity index (χ3n) is 2.54. The SMILES string of the molecule is CNc1ncc(S(=O)(=O)Nc2ccc(Br)cc2Br)cc1Cl. The molecule has 0 radical (unpaired) electrons. The van der Waals surface area contributed by atoms with Gasteiger partial charge in [-0.3, -0.25) is 4.72 Å². The summed E-state index contributed by atoms with van der Waals surface area (Å²) in [6, 6.07) is 6.46. The molecule has 0 aliphatic heterocycles. The molecule has 0 spiro atoms. The third-order valence-corrected chi connectivity index (χ3v) is 5.31. The third kappa shape index (κ3) is 3.88. The van der Waals surface area contributed by atoms with Crippen LogP contribution < -0.4 is 10.0 Å². The van der Waals surface area contributed by atoms with Gasteiger partial charge in [-0.25, -0.2) is 13.4 Å². The van der Waals surface area contributed by atoms with Gasteiger partial charge < -0.3 is 5.32 Å². The van der Waals surface area contributed by atoms with Crippen LogP contribution in [0.3, 0.4) is 0 Å². The second-order valence-electron chi connectivity index (χ2n) is 3.98. The number of halogens is 3. The molecule has 112 valence electrons. The number of benzene rings is 1. The van der Waals surface area contributed by atoms with Gasteiger partial charge in [0.15, 0.2) is 0 Å². The van der Waals surface area contributed by atoms with Crippen molar-refractivity contribution in [3.8, 4) is 0 Å². The summed E-state index contributed by atoms with van der Waals surface area (Å²) < 4.78 is 28.6. The standard InChI is InChI=1S/C12H10Br2ClN3O2S/c1-16-12-10(15)5-8(6-17-12)21(19,20)18-11-3-2-7(13)4-9(11)14/h2-6,18H,1H3,(H,16,17). The molecular weight excluding hydrogens is 445 g/mol. The highest BCUT2D eigenvalue weighted by atomic mass is 79.9. The monoisotopic (exact) mass is 453 g/mol. The fraction of sp³-hybridized carbons (Fsp3) is 0.0833. The van der Waals surface area contributed by atoms with E-state index >= 15 is 0 Å². The van der Waals surface area contributed by atoms with E-state index in [0.717, 1.165) is 4.47 Å². The van der Waals surface area contributed by atoms with Crippen LogP contribution in [0.25, 0.3) is 0 Å². The van der Waals surface area contributed by atoms with Crippen LogP contribution in [0, 0.1) is 0 Å². The first kappa shape index (κ1) is 16.5. The summed E-state index contributed by atoms with van der Waals surface area (Å²) >= 11 is 12.6. The molecule has 2 N–H and O–H groups in total. The summed E-state index contributed by atoms with van der Waals surface area (Å²) in [4.78, 5) is 3.95. The molecule has 0 aliphatic carbocycles. The van der Waals surface area contributed by atoms with Gasteiger partial charge in [-0.05, 0) is 40.2 Å². The number of sulfonamides is 1. The molecule has 2 rings (SSSR count). The van der Waals surface area contributed by atoms with Crippen LogP contribution in [0.4, 0.5) is 11.5 Å². The van der Waals surface area contributed by atoms with E-state index in [4.69, 9.17) is 11.6 Å². The van der Waals surface area contributed by atoms with Crippen LogP contribution in [-0.2, 0) is 10.0 Å². The van der Waals surface area contributed by atoms with Crippen molar-refractivity contribution in [2.45, 2.75) is 4.90 Å². The summed E-state index contributed by atoms with van der Waals surface area (Å²) in [5, 5.41) is 3.00. The zero-order valence-electron chi connectivity index (χ0n) is 10.7. The van der Waals surface area contributed by atoms with Gasteiger partial charge in [0.1, 0.15) is 10.7 Å². The second-order valence-corrected chi connectivity index (χ2v) is 7.84. The van der Waals surface area contributed by atoms with E-state index < -0.39 is 10.0 Å². The zero-order valence-corrected chi connectivity index (χ0v) is 15.4. The summed E-state index contributed by atoms with van der Waals surface area (Å²) in [5.74, 6) is 0.417. The summed E-state index contributed by atoms with van der Waals surface area (Å²) in [5.41, 5.74) is 0.423. The van der Waals surface area contributed by atoms with Crippen molar-refractivity contribution in [2.24, 2.45) is 0 Å². The number of anilines is 2. The predicted molar refractivity (Wildman–Crippen MR) is 91.4 cm³/mol. The van der Waals surface area contributed by atoms with Crippen LogP contribution >= 0.6 is 43.5 Å². The first-order valence-corrected chi connectivity index (χ1v) is 9.09. The van der Waals surface area contributed by atoms with E-state index in [0.29, 0.717) is 16.0 Å². The molecule has 2 aromatic rings. The number of nitrogens with zero attached hydrogens (tertiary/aromatic N) is 1. The summed E-state index contributed by atoms with van der Waals surface area (Å²) in [6.07, 6.45) is 1.24. The molecule has 1 heterocycles. The van der Waals surface area contributed by atoms with Crippen molar-refractivity contribution < 1.29 is 8.42 Å². The quantitative estimate of drug-likeness (QED) is 0.728. The molecule has 1 aromatic carbocycles. The Labute approximate surface area is 144 Å². The molecule has 5 nitrogen and oxygen atoms in total. The lowest BCUT2D eigenvalue weighted by molar-refractivity contribution is 0.601. The van der Waals surface area contributed by atoms with Crippen LogP contribution in [0.1, 0.15) is 0 Å². The lowest BCUT2D eigenvalue weighted by Crippen LogP contribution is -2.14. The lowest BCUT2D eigenvalue weighted by atomic mass is 10.3. The average Bonchev–Trinajstić information content (AvgIpc) is 2.42. The fourth-order valence-corrected chi connectivity index (χ4v) is 4.18. The van der Waals surface area contributed by atoms with Gasteiger partial charge in [0.05, 0.1) is 10.7 Å².